The quantitative estimate of drug-likeness (QED) is 0.220. The average molecular weight is 407 g/mol. The molecular weight excluding hydrogens is 366 g/mol. The molecule has 0 aromatic carbocycles. The van der Waals surface area contributed by atoms with Gasteiger partial charge in [-0.05, 0) is 10.3 Å². The van der Waals surface area contributed by atoms with Gasteiger partial charge in [0.05, 0.1) is 0 Å². The molecule has 0 N–H and O–H groups in total. The van der Waals surface area contributed by atoms with Crippen LogP contribution >= 0.6 is 33.4 Å². The summed E-state index contributed by atoms with van der Waals surface area (Å²) in [5.41, 5.74) is 0. The fraction of sp³-hybridized carbons (Fsp3) is 0.500. The van der Waals surface area contributed by atoms with Crippen molar-refractivity contribution in [3.05, 3.63) is 61.4 Å². The molecule has 0 fully saturated rings. The van der Waals surface area contributed by atoms with Crippen LogP contribution in [0.1, 0.15) is 48.0 Å². The normalized spacial score (nSPS) is 9.73. The molecule has 22 heavy (non-hydrogen) atoms. The second-order valence-corrected chi connectivity index (χ2v) is 8.88. The summed E-state index contributed by atoms with van der Waals surface area (Å²) >= 11 is 0. The minimum Gasteiger partial charge on any atom is -0.358 e. The molecular formula is C18H41Cl2PTi-6. The molecule has 0 aromatic rings. The molecule has 0 aromatic heterocycles. The maximum Gasteiger partial charge on any atom is 0 e. The van der Waals surface area contributed by atoms with E-state index in [0.29, 0.717) is 10.3 Å². The zero-order valence-corrected chi connectivity index (χ0v) is 21.0. The van der Waals surface area contributed by atoms with Crippen molar-refractivity contribution in [2.75, 3.05) is 0 Å². The third-order valence-electron chi connectivity index (χ3n) is 1.34. The van der Waals surface area contributed by atoms with E-state index in [1.165, 1.54) is 0 Å². The van der Waals surface area contributed by atoms with Gasteiger partial charge in [-0.15, -0.1) is 39.8 Å². The zero-order chi connectivity index (χ0) is 11.2. The molecule has 4 heteroatoms. The minimum absolute atomic E-state index is 0. The summed E-state index contributed by atoms with van der Waals surface area (Å²) in [4.78, 5) is 0. The first-order chi connectivity index (χ1) is 6.21. The van der Waals surface area contributed by atoms with Crippen molar-refractivity contribution in [1.82, 2.24) is 0 Å². The van der Waals surface area contributed by atoms with Crippen molar-refractivity contribution in [3.8, 4) is 0 Å². The first-order valence-corrected chi connectivity index (χ1v) is 6.22. The van der Waals surface area contributed by atoms with Gasteiger partial charge in [-0.25, -0.2) is 12.2 Å². The molecule has 0 amide bonds. The molecule has 1 aliphatic carbocycles. The zero-order valence-electron chi connectivity index (χ0n) is 16.8. The van der Waals surface area contributed by atoms with Gasteiger partial charge >= 0.3 is 0 Å². The Labute approximate surface area is 174 Å². The van der Waals surface area contributed by atoms with E-state index in [1.807, 2.05) is 12.2 Å². The fourth-order valence-corrected chi connectivity index (χ4v) is 3.72. The molecule has 1 rings (SSSR count). The van der Waals surface area contributed by atoms with Crippen molar-refractivity contribution in [2.45, 2.75) is 58.3 Å². The van der Waals surface area contributed by atoms with E-state index in [-0.39, 0.29) is 83.7 Å². The van der Waals surface area contributed by atoms with Crippen LogP contribution in [0.2, 0.25) is 0 Å². The Balaban J connectivity index is -0.0000000169. The van der Waals surface area contributed by atoms with E-state index in [1.54, 1.807) is 0 Å². The van der Waals surface area contributed by atoms with E-state index in [4.69, 9.17) is 0 Å². The largest absolute Gasteiger partial charge is 0.358 e. The van der Waals surface area contributed by atoms with Crippen LogP contribution in [0.5, 0.6) is 0 Å². The summed E-state index contributed by atoms with van der Waals surface area (Å²) in [6.45, 7) is 13.8. The van der Waals surface area contributed by atoms with Crippen LogP contribution < -0.4 is 0 Å². The predicted octanol–water partition coefficient (Wildman–Crippen LogP) is 7.66. The first-order valence-electron chi connectivity index (χ1n) is 5.22. The smallest absolute Gasteiger partial charge is 0 e. The average Bonchev–Trinajstić information content (AvgIpc) is 2.29. The van der Waals surface area contributed by atoms with Gasteiger partial charge in [-0.2, -0.15) is 6.08 Å². The minimum atomic E-state index is 0. The van der Waals surface area contributed by atoms with Crippen LogP contribution in [0.25, 0.3) is 0 Å². The summed E-state index contributed by atoms with van der Waals surface area (Å²) in [7, 11) is 1.05. The van der Waals surface area contributed by atoms with E-state index in [2.05, 4.69) is 53.7 Å². The van der Waals surface area contributed by atoms with E-state index < -0.39 is 0 Å². The summed E-state index contributed by atoms with van der Waals surface area (Å²) < 4.78 is 0. The van der Waals surface area contributed by atoms with Gasteiger partial charge < -0.3 is 37.1 Å². The summed E-state index contributed by atoms with van der Waals surface area (Å²) in [5.74, 6) is 0. The Morgan fingerprint density at radius 1 is 0.773 bits per heavy atom. The fourth-order valence-electron chi connectivity index (χ4n) is 1.47. The number of hydrogen-bond acceptors (Lipinski definition) is 0. The third-order valence-corrected chi connectivity index (χ3v) is 2.84. The van der Waals surface area contributed by atoms with E-state index >= 15 is 0 Å². The van der Waals surface area contributed by atoms with E-state index in [0.717, 1.165) is 15.0 Å². The van der Waals surface area contributed by atoms with Gasteiger partial charge in [0.25, 0.3) is 0 Å². The number of hydrogen-bond donors (Lipinski definition) is 0. The standard InChI is InChI=1S/C8H19P.C5H5.5CH3.2ClH.Ti/c1-7(2,3)9-8(4,5)6;1-2-4-5-3-1;;;;;;;;/h9H,1-6H3;1-3H,4H2;5*1H3;2*1H;/q;6*-1;;;. The summed E-state index contributed by atoms with van der Waals surface area (Å²) in [6.07, 6.45) is 10.0. The van der Waals surface area contributed by atoms with Gasteiger partial charge in [-0.1, -0.05) is 41.5 Å². The van der Waals surface area contributed by atoms with Gasteiger partial charge in [0.1, 0.15) is 0 Å². The second-order valence-electron chi connectivity index (χ2n) is 5.63. The molecule has 0 aliphatic heterocycles. The molecule has 0 radical (unpaired) electrons. The van der Waals surface area contributed by atoms with Gasteiger partial charge in [-0.3, -0.25) is 6.08 Å². The maximum atomic E-state index is 2.99. The van der Waals surface area contributed by atoms with Crippen LogP contribution in [0.4, 0.5) is 0 Å². The van der Waals surface area contributed by atoms with E-state index in [9.17, 15) is 0 Å². The Morgan fingerprint density at radius 3 is 1.14 bits per heavy atom. The molecule has 0 saturated heterocycles. The van der Waals surface area contributed by atoms with Crippen LogP contribution in [-0.4, -0.2) is 10.3 Å². The van der Waals surface area contributed by atoms with Crippen molar-refractivity contribution < 1.29 is 21.7 Å². The Kier molecular flexibility index (Phi) is 69.8. The summed E-state index contributed by atoms with van der Waals surface area (Å²) in [6, 6.07) is 0. The van der Waals surface area contributed by atoms with Crippen LogP contribution in [0.3, 0.4) is 0 Å². The van der Waals surface area contributed by atoms with Gasteiger partial charge in [0.15, 0.2) is 0 Å². The second kappa shape index (κ2) is 27.1. The van der Waals surface area contributed by atoms with Crippen LogP contribution in [0, 0.1) is 43.2 Å². The maximum absolute atomic E-state index is 2.99. The van der Waals surface area contributed by atoms with Crippen LogP contribution in [0.15, 0.2) is 18.2 Å². The molecule has 142 valence electrons. The number of halogens is 2. The van der Waals surface area contributed by atoms with Crippen molar-refractivity contribution in [2.24, 2.45) is 0 Å². The number of rotatable bonds is 0. The molecule has 0 heterocycles. The van der Waals surface area contributed by atoms with Gasteiger partial charge in [0.2, 0.25) is 0 Å². The topological polar surface area (TPSA) is 0 Å². The Morgan fingerprint density at radius 2 is 1.09 bits per heavy atom. The first kappa shape index (κ1) is 56.7. The number of allylic oxidation sites excluding steroid dienone is 4. The van der Waals surface area contributed by atoms with Crippen molar-refractivity contribution >= 4 is 33.4 Å². The third kappa shape index (κ3) is 58.1. The Hall–Kier alpha value is 1.20. The molecule has 0 bridgehead atoms. The molecule has 0 atom stereocenters. The summed E-state index contributed by atoms with van der Waals surface area (Å²) in [5, 5.41) is 1.02. The van der Waals surface area contributed by atoms with Crippen molar-refractivity contribution in [3.63, 3.8) is 0 Å². The monoisotopic (exact) mass is 406 g/mol. The van der Waals surface area contributed by atoms with Crippen LogP contribution in [-0.2, 0) is 21.7 Å². The Bertz CT molecular complexity index is 192. The van der Waals surface area contributed by atoms with Gasteiger partial charge in [0, 0.05) is 21.7 Å². The molecule has 0 saturated carbocycles. The molecule has 1 aliphatic rings. The molecule has 0 unspecified atom stereocenters. The SMILES string of the molecule is CC(C)(C)PC(C)(C)C.Cl.Cl.[C-]1=CC=CC1.[CH3-].[CH3-].[CH3-].[CH3-].[CH3-].[Ti]. The predicted molar refractivity (Wildman–Crippen MR) is 116 cm³/mol. The van der Waals surface area contributed by atoms with Crippen molar-refractivity contribution in [1.29, 1.82) is 0 Å². The molecule has 0 spiro atoms. The molecule has 0 nitrogen and oxygen atoms in total.